The summed E-state index contributed by atoms with van der Waals surface area (Å²) in [5.41, 5.74) is -0.122. The molecule has 36 heavy (non-hydrogen) atoms. The third-order valence-electron chi connectivity index (χ3n) is 6.08. The zero-order valence-electron chi connectivity index (χ0n) is 20.0. The molecular formula is C24H31N5O6S. The van der Waals surface area contributed by atoms with E-state index in [2.05, 4.69) is 25.5 Å². The Hall–Kier alpha value is -3.51. The van der Waals surface area contributed by atoms with Gasteiger partial charge in [0, 0.05) is 19.2 Å². The van der Waals surface area contributed by atoms with Gasteiger partial charge in [0.25, 0.3) is 5.91 Å². The highest BCUT2D eigenvalue weighted by Crippen LogP contribution is 2.40. The summed E-state index contributed by atoms with van der Waals surface area (Å²) in [6.45, 7) is 0.450. The molecular weight excluding hydrogens is 486 g/mol. The highest BCUT2D eigenvalue weighted by molar-refractivity contribution is 7.89. The number of aromatic nitrogens is 1. The van der Waals surface area contributed by atoms with Crippen LogP contribution in [0.3, 0.4) is 0 Å². The summed E-state index contributed by atoms with van der Waals surface area (Å²) in [6, 6.07) is 14.0. The van der Waals surface area contributed by atoms with E-state index in [0.717, 1.165) is 38.0 Å². The zero-order chi connectivity index (χ0) is 26.0. The van der Waals surface area contributed by atoms with Crippen LogP contribution in [-0.4, -0.2) is 61.8 Å². The van der Waals surface area contributed by atoms with Crippen LogP contribution in [0.5, 0.6) is 0 Å². The van der Waals surface area contributed by atoms with E-state index in [1.54, 1.807) is 36.5 Å². The maximum Gasteiger partial charge on any atom is 0.322 e. The number of anilines is 1. The molecule has 1 amide bonds. The van der Waals surface area contributed by atoms with Gasteiger partial charge in [-0.1, -0.05) is 29.4 Å². The van der Waals surface area contributed by atoms with Crippen LogP contribution in [-0.2, 0) is 24.4 Å². The summed E-state index contributed by atoms with van der Waals surface area (Å²) >= 11 is 0. The molecule has 2 aromatic rings. The van der Waals surface area contributed by atoms with Crippen molar-refractivity contribution in [3.63, 3.8) is 0 Å². The van der Waals surface area contributed by atoms with E-state index >= 15 is 0 Å². The SMILES string of the molecule is CNS(=O)(=O)c1ccccc1.O=C(O)CNC(=O)C1=NOC2(CCC(CNc3ccccn3)CC2)C1. The molecule has 1 fully saturated rings. The topological polar surface area (TPSA) is 159 Å². The molecule has 4 rings (SSSR count). The fourth-order valence-electron chi connectivity index (χ4n) is 4.01. The number of pyridine rings is 1. The lowest BCUT2D eigenvalue weighted by molar-refractivity contribution is -0.137. The van der Waals surface area contributed by atoms with Crippen LogP contribution in [0.25, 0.3) is 0 Å². The number of hydrogen-bond acceptors (Lipinski definition) is 8. The number of nitrogens with zero attached hydrogens (tertiary/aromatic N) is 2. The second-order valence-electron chi connectivity index (χ2n) is 8.63. The molecule has 1 aromatic heterocycles. The Morgan fingerprint density at radius 3 is 2.42 bits per heavy atom. The fraction of sp³-hybridized carbons (Fsp3) is 0.417. The van der Waals surface area contributed by atoms with Crippen molar-refractivity contribution in [1.82, 2.24) is 15.0 Å². The Labute approximate surface area is 210 Å². The molecule has 4 N–H and O–H groups in total. The number of amides is 1. The van der Waals surface area contributed by atoms with Gasteiger partial charge < -0.3 is 20.6 Å². The molecule has 1 spiro atoms. The zero-order valence-corrected chi connectivity index (χ0v) is 20.8. The van der Waals surface area contributed by atoms with Gasteiger partial charge in [-0.05, 0) is 62.9 Å². The molecule has 1 aliphatic heterocycles. The summed E-state index contributed by atoms with van der Waals surface area (Å²) in [7, 11) is -1.86. The summed E-state index contributed by atoms with van der Waals surface area (Å²) in [5, 5.41) is 18.2. The number of oxime groups is 1. The molecule has 0 radical (unpaired) electrons. The largest absolute Gasteiger partial charge is 0.480 e. The molecule has 194 valence electrons. The molecule has 2 heterocycles. The molecule has 11 nitrogen and oxygen atoms in total. The molecule has 1 aromatic carbocycles. The van der Waals surface area contributed by atoms with Gasteiger partial charge in [0.2, 0.25) is 10.0 Å². The summed E-state index contributed by atoms with van der Waals surface area (Å²) in [6.07, 6.45) is 5.85. The van der Waals surface area contributed by atoms with Gasteiger partial charge in [-0.2, -0.15) is 0 Å². The maximum absolute atomic E-state index is 11.9. The van der Waals surface area contributed by atoms with Crippen LogP contribution in [0, 0.1) is 5.92 Å². The standard InChI is InChI=1S/C17H22N4O4.C7H9NO2S/c22-15(23)11-20-16(24)13-9-17(25-21-13)6-4-12(5-7-17)10-19-14-3-1-2-8-18-14;1-8-11(9,10)7-5-3-2-4-6-7/h1-3,8,12H,4-7,9-11H2,(H,18,19)(H,20,24)(H,22,23);2-6,8H,1H3. The van der Waals surface area contributed by atoms with E-state index in [4.69, 9.17) is 9.94 Å². The molecule has 0 bridgehead atoms. The Balaban J connectivity index is 0.000000275. The van der Waals surface area contributed by atoms with Crippen molar-refractivity contribution < 1.29 is 28.0 Å². The third kappa shape index (κ3) is 7.75. The van der Waals surface area contributed by atoms with E-state index < -0.39 is 34.0 Å². The number of aliphatic carboxylic acids is 1. The van der Waals surface area contributed by atoms with Crippen LogP contribution >= 0.6 is 0 Å². The lowest BCUT2D eigenvalue weighted by Gasteiger charge is -2.34. The second kappa shape index (κ2) is 12.5. The molecule has 12 heteroatoms. The Morgan fingerprint density at radius 1 is 1.11 bits per heavy atom. The van der Waals surface area contributed by atoms with Crippen LogP contribution in [0.1, 0.15) is 32.1 Å². The number of carbonyl (C=O) groups excluding carboxylic acids is 1. The van der Waals surface area contributed by atoms with Crippen LogP contribution in [0.15, 0.2) is 64.8 Å². The van der Waals surface area contributed by atoms with Gasteiger partial charge in [-0.25, -0.2) is 18.1 Å². The first-order valence-corrected chi connectivity index (χ1v) is 13.1. The number of nitrogens with one attached hydrogen (secondary N) is 3. The number of carboxylic acid groups (broad SMARTS) is 1. The molecule has 0 atom stereocenters. The Bertz CT molecular complexity index is 1150. The van der Waals surface area contributed by atoms with Crippen LogP contribution in [0.2, 0.25) is 0 Å². The van der Waals surface area contributed by atoms with Gasteiger partial charge >= 0.3 is 5.97 Å². The number of hydrogen-bond donors (Lipinski definition) is 4. The van der Waals surface area contributed by atoms with E-state index in [1.165, 1.54) is 7.05 Å². The Morgan fingerprint density at radius 2 is 1.81 bits per heavy atom. The number of carboxylic acids is 1. The van der Waals surface area contributed by atoms with Crippen molar-refractivity contribution in [2.24, 2.45) is 11.1 Å². The van der Waals surface area contributed by atoms with Gasteiger partial charge in [-0.3, -0.25) is 9.59 Å². The van der Waals surface area contributed by atoms with Crippen molar-refractivity contribution in [1.29, 1.82) is 0 Å². The molecule has 2 aliphatic rings. The number of rotatable bonds is 8. The highest BCUT2D eigenvalue weighted by atomic mass is 32.2. The fourth-order valence-corrected chi connectivity index (χ4v) is 4.76. The van der Waals surface area contributed by atoms with Crippen molar-refractivity contribution >= 4 is 33.4 Å². The van der Waals surface area contributed by atoms with Gasteiger partial charge in [0.1, 0.15) is 23.7 Å². The van der Waals surface area contributed by atoms with Crippen LogP contribution in [0.4, 0.5) is 5.82 Å². The Kier molecular flexibility index (Phi) is 9.37. The average molecular weight is 518 g/mol. The van der Waals surface area contributed by atoms with E-state index in [1.807, 2.05) is 18.2 Å². The van der Waals surface area contributed by atoms with Gasteiger partial charge in [-0.15, -0.1) is 0 Å². The predicted molar refractivity (Wildman–Crippen MR) is 134 cm³/mol. The van der Waals surface area contributed by atoms with Crippen molar-refractivity contribution in [3.8, 4) is 0 Å². The number of carbonyl (C=O) groups is 2. The van der Waals surface area contributed by atoms with Crippen molar-refractivity contribution in [2.75, 3.05) is 25.5 Å². The smallest absolute Gasteiger partial charge is 0.322 e. The summed E-state index contributed by atoms with van der Waals surface area (Å²) in [5.74, 6) is -0.136. The maximum atomic E-state index is 11.9. The first kappa shape index (κ1) is 27.1. The summed E-state index contributed by atoms with van der Waals surface area (Å²) < 4.78 is 24.4. The minimum Gasteiger partial charge on any atom is -0.480 e. The van der Waals surface area contributed by atoms with Gasteiger partial charge in [0.05, 0.1) is 4.90 Å². The lowest BCUT2D eigenvalue weighted by atomic mass is 9.76. The molecule has 0 unspecified atom stereocenters. The van der Waals surface area contributed by atoms with Crippen LogP contribution < -0.4 is 15.4 Å². The summed E-state index contributed by atoms with van der Waals surface area (Å²) in [4.78, 5) is 32.5. The van der Waals surface area contributed by atoms with E-state index in [9.17, 15) is 18.0 Å². The van der Waals surface area contributed by atoms with Crippen molar-refractivity contribution in [3.05, 3.63) is 54.7 Å². The average Bonchev–Trinajstić information content (AvgIpc) is 3.32. The van der Waals surface area contributed by atoms with E-state index in [-0.39, 0.29) is 5.71 Å². The second-order valence-corrected chi connectivity index (χ2v) is 10.5. The number of sulfonamides is 1. The minimum absolute atomic E-state index is 0.284. The molecule has 1 saturated carbocycles. The first-order valence-electron chi connectivity index (χ1n) is 11.6. The molecule has 0 saturated heterocycles. The minimum atomic E-state index is -3.25. The van der Waals surface area contributed by atoms with Gasteiger partial charge in [0.15, 0.2) is 0 Å². The number of benzene rings is 1. The third-order valence-corrected chi connectivity index (χ3v) is 7.51. The van der Waals surface area contributed by atoms with Crippen molar-refractivity contribution in [2.45, 2.75) is 42.6 Å². The predicted octanol–water partition coefficient (Wildman–Crippen LogP) is 1.99. The normalized spacial score (nSPS) is 20.9. The highest BCUT2D eigenvalue weighted by Gasteiger charge is 2.44. The quantitative estimate of drug-likeness (QED) is 0.414. The first-order chi connectivity index (χ1) is 17.2. The monoisotopic (exact) mass is 517 g/mol. The molecule has 1 aliphatic carbocycles. The van der Waals surface area contributed by atoms with E-state index in [0.29, 0.717) is 17.2 Å². The lowest BCUT2D eigenvalue weighted by Crippen LogP contribution is -2.39.